The molecule has 0 spiro atoms. The molecule has 0 aromatic heterocycles. The second kappa shape index (κ2) is 9.21. The Morgan fingerprint density at radius 3 is 2.26 bits per heavy atom. The number of aldehydes is 1. The SMILES string of the molecule is CNC(CCC(=O)O)C(=O)NC(CCC=O)C(C)=O. The molecule has 0 aromatic carbocycles. The molecule has 0 aliphatic carbocycles. The van der Waals surface area contributed by atoms with Crippen LogP contribution in [0.5, 0.6) is 0 Å². The zero-order valence-corrected chi connectivity index (χ0v) is 11.1. The third-order valence-electron chi connectivity index (χ3n) is 2.69. The van der Waals surface area contributed by atoms with Gasteiger partial charge in [-0.25, -0.2) is 0 Å². The van der Waals surface area contributed by atoms with Crippen LogP contribution < -0.4 is 10.6 Å². The summed E-state index contributed by atoms with van der Waals surface area (Å²) in [6.45, 7) is 1.33. The maximum atomic E-state index is 11.9. The first-order valence-corrected chi connectivity index (χ1v) is 6.05. The van der Waals surface area contributed by atoms with Crippen LogP contribution in [0.25, 0.3) is 0 Å². The molecule has 0 aliphatic heterocycles. The van der Waals surface area contributed by atoms with Gasteiger partial charge in [-0.2, -0.15) is 0 Å². The highest BCUT2D eigenvalue weighted by Gasteiger charge is 2.22. The minimum atomic E-state index is -0.989. The molecule has 0 saturated carbocycles. The van der Waals surface area contributed by atoms with Gasteiger partial charge in [0.1, 0.15) is 6.29 Å². The minimum Gasteiger partial charge on any atom is -0.481 e. The average molecular weight is 272 g/mol. The van der Waals surface area contributed by atoms with Gasteiger partial charge in [0.2, 0.25) is 5.91 Å². The minimum absolute atomic E-state index is 0.135. The number of rotatable bonds is 10. The van der Waals surface area contributed by atoms with Crippen molar-refractivity contribution in [2.24, 2.45) is 0 Å². The number of Topliss-reactive ketones (excluding diaryl/α,β-unsaturated/α-hetero) is 1. The Kier molecular flexibility index (Phi) is 8.35. The summed E-state index contributed by atoms with van der Waals surface area (Å²) >= 11 is 0. The van der Waals surface area contributed by atoms with E-state index in [0.29, 0.717) is 6.29 Å². The molecular formula is C12H20N2O5. The van der Waals surface area contributed by atoms with Crippen molar-refractivity contribution in [1.29, 1.82) is 0 Å². The van der Waals surface area contributed by atoms with Crippen molar-refractivity contribution in [3.05, 3.63) is 0 Å². The Bertz CT molecular complexity index is 343. The summed E-state index contributed by atoms with van der Waals surface area (Å²) in [5.41, 5.74) is 0. The van der Waals surface area contributed by atoms with Gasteiger partial charge in [0, 0.05) is 12.8 Å². The summed E-state index contributed by atoms with van der Waals surface area (Å²) in [6, 6.07) is -1.38. The van der Waals surface area contributed by atoms with Crippen LogP contribution in [-0.2, 0) is 19.2 Å². The number of carbonyl (C=O) groups excluding carboxylic acids is 3. The Morgan fingerprint density at radius 2 is 1.84 bits per heavy atom. The van der Waals surface area contributed by atoms with Gasteiger partial charge in [-0.1, -0.05) is 0 Å². The van der Waals surface area contributed by atoms with Crippen molar-refractivity contribution >= 4 is 23.9 Å². The number of carboxylic acid groups (broad SMARTS) is 1. The van der Waals surface area contributed by atoms with E-state index in [9.17, 15) is 19.2 Å². The predicted octanol–water partition coefficient (Wildman–Crippen LogP) is -0.508. The van der Waals surface area contributed by atoms with Gasteiger partial charge in [-0.3, -0.25) is 14.4 Å². The van der Waals surface area contributed by atoms with E-state index in [-0.39, 0.29) is 31.5 Å². The van der Waals surface area contributed by atoms with Crippen molar-refractivity contribution in [1.82, 2.24) is 10.6 Å². The lowest BCUT2D eigenvalue weighted by molar-refractivity contribution is -0.137. The fourth-order valence-electron chi connectivity index (χ4n) is 1.56. The lowest BCUT2D eigenvalue weighted by Gasteiger charge is -2.20. The van der Waals surface area contributed by atoms with Gasteiger partial charge in [-0.05, 0) is 26.8 Å². The van der Waals surface area contributed by atoms with Gasteiger partial charge in [0.05, 0.1) is 12.1 Å². The normalized spacial score (nSPS) is 13.4. The van der Waals surface area contributed by atoms with Crippen LogP contribution in [0, 0.1) is 0 Å². The summed E-state index contributed by atoms with van der Waals surface area (Å²) in [6.07, 6.45) is 1.11. The lowest BCUT2D eigenvalue weighted by atomic mass is 10.1. The van der Waals surface area contributed by atoms with Crippen LogP contribution >= 0.6 is 0 Å². The predicted molar refractivity (Wildman–Crippen MR) is 67.6 cm³/mol. The highest BCUT2D eigenvalue weighted by atomic mass is 16.4. The number of aliphatic carboxylic acids is 1. The number of ketones is 1. The van der Waals surface area contributed by atoms with Crippen LogP contribution in [0.15, 0.2) is 0 Å². The maximum Gasteiger partial charge on any atom is 0.303 e. The zero-order valence-electron chi connectivity index (χ0n) is 11.1. The smallest absolute Gasteiger partial charge is 0.303 e. The van der Waals surface area contributed by atoms with E-state index in [2.05, 4.69) is 10.6 Å². The van der Waals surface area contributed by atoms with Crippen LogP contribution in [0.2, 0.25) is 0 Å². The van der Waals surface area contributed by atoms with Crippen molar-refractivity contribution in [2.75, 3.05) is 7.05 Å². The number of hydrogen-bond acceptors (Lipinski definition) is 5. The van der Waals surface area contributed by atoms with Gasteiger partial charge < -0.3 is 20.5 Å². The first-order chi connectivity index (χ1) is 8.92. The first-order valence-electron chi connectivity index (χ1n) is 6.05. The molecular weight excluding hydrogens is 252 g/mol. The molecule has 0 aromatic rings. The number of amides is 1. The molecule has 3 N–H and O–H groups in total. The second-order valence-corrected chi connectivity index (χ2v) is 4.19. The fraction of sp³-hybridized carbons (Fsp3) is 0.667. The van der Waals surface area contributed by atoms with Crippen LogP contribution in [0.4, 0.5) is 0 Å². The Morgan fingerprint density at radius 1 is 1.21 bits per heavy atom. The van der Waals surface area contributed by atoms with Gasteiger partial charge in [0.25, 0.3) is 0 Å². The number of hydrogen-bond donors (Lipinski definition) is 3. The molecule has 7 nitrogen and oxygen atoms in total. The summed E-state index contributed by atoms with van der Waals surface area (Å²) in [5.74, 6) is -1.66. The van der Waals surface area contributed by atoms with E-state index in [1.807, 2.05) is 0 Å². The number of carbonyl (C=O) groups is 4. The number of nitrogens with one attached hydrogen (secondary N) is 2. The standard InChI is InChI=1S/C12H20N2O5/c1-8(16)9(4-3-7-15)14-12(19)10(13-2)5-6-11(17)18/h7,9-10,13H,3-6H2,1-2H3,(H,14,19)(H,17,18). The third kappa shape index (κ3) is 7.30. The maximum absolute atomic E-state index is 11.9. The van der Waals surface area contributed by atoms with Crippen LogP contribution in [0.1, 0.15) is 32.6 Å². The first kappa shape index (κ1) is 17.2. The molecule has 7 heteroatoms. The molecule has 2 atom stereocenters. The number of carboxylic acids is 1. The molecule has 1 amide bonds. The largest absolute Gasteiger partial charge is 0.481 e. The van der Waals surface area contributed by atoms with E-state index in [0.717, 1.165) is 0 Å². The van der Waals surface area contributed by atoms with Crippen molar-refractivity contribution in [2.45, 2.75) is 44.7 Å². The van der Waals surface area contributed by atoms with Gasteiger partial charge in [-0.15, -0.1) is 0 Å². The van der Waals surface area contributed by atoms with Crippen molar-refractivity contribution in [3.63, 3.8) is 0 Å². The quantitative estimate of drug-likeness (QED) is 0.462. The van der Waals surface area contributed by atoms with Gasteiger partial charge in [0.15, 0.2) is 5.78 Å². The molecule has 19 heavy (non-hydrogen) atoms. The molecule has 0 fully saturated rings. The molecule has 0 bridgehead atoms. The average Bonchev–Trinajstić information content (AvgIpc) is 2.34. The zero-order chi connectivity index (χ0) is 14.8. The Balaban J connectivity index is 4.45. The molecule has 0 aliphatic rings. The molecule has 108 valence electrons. The number of likely N-dealkylation sites (N-methyl/N-ethyl adjacent to an activating group) is 1. The molecule has 0 heterocycles. The van der Waals surface area contributed by atoms with Crippen molar-refractivity contribution in [3.8, 4) is 0 Å². The highest BCUT2D eigenvalue weighted by Crippen LogP contribution is 2.02. The summed E-state index contributed by atoms with van der Waals surface area (Å²) < 4.78 is 0. The topological polar surface area (TPSA) is 113 Å². The van der Waals surface area contributed by atoms with Crippen molar-refractivity contribution < 1.29 is 24.3 Å². The van der Waals surface area contributed by atoms with E-state index in [1.54, 1.807) is 7.05 Å². The van der Waals surface area contributed by atoms with E-state index in [4.69, 9.17) is 5.11 Å². The third-order valence-corrected chi connectivity index (χ3v) is 2.69. The van der Waals surface area contributed by atoms with E-state index < -0.39 is 24.0 Å². The summed E-state index contributed by atoms with van der Waals surface area (Å²) in [4.78, 5) is 43.9. The Hall–Kier alpha value is -1.76. The fourth-order valence-corrected chi connectivity index (χ4v) is 1.56. The van der Waals surface area contributed by atoms with E-state index in [1.165, 1.54) is 6.92 Å². The Labute approximate surface area is 111 Å². The molecule has 0 rings (SSSR count). The van der Waals surface area contributed by atoms with Crippen LogP contribution in [0.3, 0.4) is 0 Å². The van der Waals surface area contributed by atoms with E-state index >= 15 is 0 Å². The monoisotopic (exact) mass is 272 g/mol. The lowest BCUT2D eigenvalue weighted by Crippen LogP contribution is -2.49. The van der Waals surface area contributed by atoms with Crippen LogP contribution in [-0.4, -0.2) is 48.2 Å². The van der Waals surface area contributed by atoms with Gasteiger partial charge >= 0.3 is 5.97 Å². The molecule has 0 radical (unpaired) electrons. The second-order valence-electron chi connectivity index (χ2n) is 4.19. The summed E-state index contributed by atoms with van der Waals surface area (Å²) in [7, 11) is 1.54. The summed E-state index contributed by atoms with van der Waals surface area (Å²) in [5, 5.41) is 13.8. The molecule has 0 saturated heterocycles. The molecule has 2 unspecified atom stereocenters. The highest BCUT2D eigenvalue weighted by molar-refractivity contribution is 5.90.